The summed E-state index contributed by atoms with van der Waals surface area (Å²) in [5.41, 5.74) is 0. The van der Waals surface area contributed by atoms with Crippen LogP contribution < -0.4 is 5.32 Å². The average molecular weight is 281 g/mol. The van der Waals surface area contributed by atoms with Gasteiger partial charge in [0.2, 0.25) is 0 Å². The Morgan fingerprint density at radius 2 is 2.16 bits per heavy atom. The molecule has 2 rings (SSSR count). The summed E-state index contributed by atoms with van der Waals surface area (Å²) < 4.78 is 0. The highest BCUT2D eigenvalue weighted by Gasteiger charge is 2.27. The highest BCUT2D eigenvalue weighted by atomic mass is 32.1. The van der Waals surface area contributed by atoms with Crippen molar-refractivity contribution in [3.8, 4) is 0 Å². The first-order valence-electron chi connectivity index (χ1n) is 7.69. The molecule has 4 heteroatoms. The summed E-state index contributed by atoms with van der Waals surface area (Å²) in [5, 5.41) is 14.8. The van der Waals surface area contributed by atoms with E-state index in [4.69, 9.17) is 0 Å². The minimum Gasteiger partial charge on any atom is -0.316 e. The van der Waals surface area contributed by atoms with Crippen molar-refractivity contribution in [2.24, 2.45) is 11.8 Å². The Morgan fingerprint density at radius 3 is 2.84 bits per heavy atom. The number of rotatable bonds is 7. The number of aromatic nitrogens is 2. The molecule has 0 saturated heterocycles. The van der Waals surface area contributed by atoms with Crippen LogP contribution in [0.2, 0.25) is 0 Å². The summed E-state index contributed by atoms with van der Waals surface area (Å²) in [6.45, 7) is 9.04. The van der Waals surface area contributed by atoms with E-state index in [1.807, 2.05) is 11.3 Å². The van der Waals surface area contributed by atoms with E-state index in [9.17, 15) is 0 Å². The molecule has 0 spiro atoms. The van der Waals surface area contributed by atoms with E-state index in [0.717, 1.165) is 31.3 Å². The maximum atomic E-state index is 4.42. The lowest BCUT2D eigenvalue weighted by Gasteiger charge is -2.10. The monoisotopic (exact) mass is 281 g/mol. The van der Waals surface area contributed by atoms with Gasteiger partial charge in [-0.1, -0.05) is 33.6 Å². The Hall–Kier alpha value is -0.480. The normalized spacial score (nSPS) is 23.4. The van der Waals surface area contributed by atoms with Gasteiger partial charge in [-0.2, -0.15) is 0 Å². The number of aryl methyl sites for hydroxylation is 1. The molecule has 1 aromatic heterocycles. The second-order valence-electron chi connectivity index (χ2n) is 6.25. The van der Waals surface area contributed by atoms with Gasteiger partial charge in [0.05, 0.1) is 0 Å². The van der Waals surface area contributed by atoms with Crippen LogP contribution >= 0.6 is 11.3 Å². The van der Waals surface area contributed by atoms with Gasteiger partial charge in [-0.05, 0) is 37.8 Å². The largest absolute Gasteiger partial charge is 0.316 e. The lowest BCUT2D eigenvalue weighted by atomic mass is 9.99. The molecule has 0 bridgehead atoms. The van der Waals surface area contributed by atoms with Gasteiger partial charge in [0.15, 0.2) is 0 Å². The van der Waals surface area contributed by atoms with E-state index in [2.05, 4.69) is 36.3 Å². The average Bonchev–Trinajstić information content (AvgIpc) is 2.97. The molecular weight excluding hydrogens is 254 g/mol. The second-order valence-corrected chi connectivity index (χ2v) is 7.34. The predicted octanol–water partition coefficient (Wildman–Crippen LogP) is 3.62. The highest BCUT2D eigenvalue weighted by molar-refractivity contribution is 7.11. The molecule has 1 N–H and O–H groups in total. The van der Waals surface area contributed by atoms with Gasteiger partial charge in [0.25, 0.3) is 0 Å². The lowest BCUT2D eigenvalue weighted by Crippen LogP contribution is -2.21. The van der Waals surface area contributed by atoms with E-state index in [1.165, 1.54) is 35.7 Å². The fourth-order valence-electron chi connectivity index (χ4n) is 2.79. The van der Waals surface area contributed by atoms with E-state index < -0.39 is 0 Å². The fraction of sp³-hybridized carbons (Fsp3) is 0.867. The van der Waals surface area contributed by atoms with Gasteiger partial charge in [-0.15, -0.1) is 21.5 Å². The third kappa shape index (κ3) is 4.53. The minimum atomic E-state index is 0.685. The SMILES string of the molecule is CC(C)CNCCCc1nnc(C2CCCC2C)s1. The van der Waals surface area contributed by atoms with Crippen LogP contribution in [0, 0.1) is 11.8 Å². The third-order valence-corrected chi connectivity index (χ3v) is 5.07. The summed E-state index contributed by atoms with van der Waals surface area (Å²) in [7, 11) is 0. The molecule has 2 atom stereocenters. The zero-order valence-electron chi connectivity index (χ0n) is 12.5. The molecule has 1 fully saturated rings. The van der Waals surface area contributed by atoms with Gasteiger partial charge < -0.3 is 5.32 Å². The van der Waals surface area contributed by atoms with Gasteiger partial charge in [-0.25, -0.2) is 0 Å². The summed E-state index contributed by atoms with van der Waals surface area (Å²) in [6, 6.07) is 0. The van der Waals surface area contributed by atoms with E-state index in [1.54, 1.807) is 0 Å². The highest BCUT2D eigenvalue weighted by Crippen LogP contribution is 2.40. The van der Waals surface area contributed by atoms with Gasteiger partial charge in [0.1, 0.15) is 10.0 Å². The summed E-state index contributed by atoms with van der Waals surface area (Å²) in [4.78, 5) is 0. The van der Waals surface area contributed by atoms with Crippen molar-refractivity contribution in [2.75, 3.05) is 13.1 Å². The molecule has 0 aliphatic heterocycles. The topological polar surface area (TPSA) is 37.8 Å². The van der Waals surface area contributed by atoms with Crippen LogP contribution in [0.25, 0.3) is 0 Å². The number of hydrogen-bond donors (Lipinski definition) is 1. The van der Waals surface area contributed by atoms with Crippen LogP contribution in [0.5, 0.6) is 0 Å². The van der Waals surface area contributed by atoms with E-state index in [0.29, 0.717) is 5.92 Å². The van der Waals surface area contributed by atoms with Gasteiger partial charge >= 0.3 is 0 Å². The second kappa shape index (κ2) is 7.34. The molecule has 1 aromatic rings. The van der Waals surface area contributed by atoms with Crippen molar-refractivity contribution in [3.05, 3.63) is 10.0 Å². The lowest BCUT2D eigenvalue weighted by molar-refractivity contribution is 0.527. The molecule has 0 amide bonds. The maximum absolute atomic E-state index is 4.42. The smallest absolute Gasteiger partial charge is 0.120 e. The fourth-order valence-corrected chi connectivity index (χ4v) is 3.94. The molecule has 1 heterocycles. The number of nitrogens with zero attached hydrogens (tertiary/aromatic N) is 2. The summed E-state index contributed by atoms with van der Waals surface area (Å²) in [5.74, 6) is 2.22. The van der Waals surface area contributed by atoms with Crippen molar-refractivity contribution in [1.29, 1.82) is 0 Å². The molecular formula is C15H27N3S. The van der Waals surface area contributed by atoms with Crippen LogP contribution in [0.1, 0.15) is 62.4 Å². The van der Waals surface area contributed by atoms with Crippen LogP contribution in [0.4, 0.5) is 0 Å². The Labute approximate surface area is 121 Å². The first-order chi connectivity index (χ1) is 9.16. The van der Waals surface area contributed by atoms with Crippen molar-refractivity contribution < 1.29 is 0 Å². The van der Waals surface area contributed by atoms with Crippen molar-refractivity contribution in [1.82, 2.24) is 15.5 Å². The molecule has 19 heavy (non-hydrogen) atoms. The summed E-state index contributed by atoms with van der Waals surface area (Å²) >= 11 is 1.85. The zero-order valence-corrected chi connectivity index (χ0v) is 13.3. The predicted molar refractivity (Wildman–Crippen MR) is 81.7 cm³/mol. The first kappa shape index (κ1) is 14.9. The molecule has 0 aromatic carbocycles. The van der Waals surface area contributed by atoms with Crippen LogP contribution in [0.15, 0.2) is 0 Å². The molecule has 108 valence electrons. The van der Waals surface area contributed by atoms with Crippen molar-refractivity contribution in [2.45, 2.75) is 58.8 Å². The molecule has 1 aliphatic carbocycles. The van der Waals surface area contributed by atoms with E-state index >= 15 is 0 Å². The Morgan fingerprint density at radius 1 is 1.32 bits per heavy atom. The minimum absolute atomic E-state index is 0.685. The molecule has 1 saturated carbocycles. The number of nitrogens with one attached hydrogen (secondary N) is 1. The Kier molecular flexibility index (Phi) is 5.76. The van der Waals surface area contributed by atoms with Gasteiger partial charge in [-0.3, -0.25) is 0 Å². The van der Waals surface area contributed by atoms with Gasteiger partial charge in [0, 0.05) is 12.3 Å². The third-order valence-electron chi connectivity index (χ3n) is 3.96. The maximum Gasteiger partial charge on any atom is 0.120 e. The summed E-state index contributed by atoms with van der Waals surface area (Å²) in [6.07, 6.45) is 6.27. The van der Waals surface area contributed by atoms with E-state index in [-0.39, 0.29) is 0 Å². The van der Waals surface area contributed by atoms with Crippen LogP contribution in [-0.4, -0.2) is 23.3 Å². The zero-order chi connectivity index (χ0) is 13.7. The van der Waals surface area contributed by atoms with Crippen LogP contribution in [-0.2, 0) is 6.42 Å². The molecule has 0 radical (unpaired) electrons. The Balaban J connectivity index is 1.72. The first-order valence-corrected chi connectivity index (χ1v) is 8.51. The molecule has 3 nitrogen and oxygen atoms in total. The number of hydrogen-bond acceptors (Lipinski definition) is 4. The van der Waals surface area contributed by atoms with Crippen molar-refractivity contribution in [3.63, 3.8) is 0 Å². The Bertz CT molecular complexity index is 375. The van der Waals surface area contributed by atoms with Crippen LogP contribution in [0.3, 0.4) is 0 Å². The quantitative estimate of drug-likeness (QED) is 0.776. The van der Waals surface area contributed by atoms with Crippen molar-refractivity contribution >= 4 is 11.3 Å². The molecule has 1 aliphatic rings. The molecule has 2 unspecified atom stereocenters. The standard InChI is InChI=1S/C15H27N3S/c1-11(2)10-16-9-5-8-14-17-18-15(19-14)13-7-4-6-12(13)3/h11-13,16H,4-10H2,1-3H3.